The second kappa shape index (κ2) is 3.43. The fourth-order valence-electron chi connectivity index (χ4n) is 1.38. The summed E-state index contributed by atoms with van der Waals surface area (Å²) in [6.45, 7) is 3.13. The van der Waals surface area contributed by atoms with Crippen LogP contribution in [0, 0.1) is 16.7 Å². The van der Waals surface area contributed by atoms with E-state index in [0.717, 1.165) is 6.54 Å². The number of nitrogen functional groups attached to an aromatic ring is 1. The predicted octanol–water partition coefficient (Wildman–Crippen LogP) is 1.75. The molecular weight excluding hydrogens is 188 g/mol. The van der Waals surface area contributed by atoms with Crippen LogP contribution in [0.5, 0.6) is 0 Å². The molecule has 15 heavy (non-hydrogen) atoms. The lowest BCUT2D eigenvalue weighted by Crippen LogP contribution is -2.13. The largest absolute Gasteiger partial charge is 0.396 e. The van der Waals surface area contributed by atoms with Gasteiger partial charge in [-0.25, -0.2) is 4.98 Å². The molecule has 0 aromatic carbocycles. The van der Waals surface area contributed by atoms with Gasteiger partial charge in [-0.15, -0.1) is 0 Å². The van der Waals surface area contributed by atoms with E-state index >= 15 is 0 Å². The third-order valence-electron chi connectivity index (χ3n) is 2.83. The van der Waals surface area contributed by atoms with E-state index in [1.165, 1.54) is 19.0 Å². The zero-order valence-electron chi connectivity index (χ0n) is 8.75. The molecular formula is C11H14N4. The maximum Gasteiger partial charge on any atom is 0.149 e. The lowest BCUT2D eigenvalue weighted by molar-refractivity contribution is 0.609. The van der Waals surface area contributed by atoms with Crippen LogP contribution in [0.25, 0.3) is 0 Å². The zero-order chi connectivity index (χ0) is 10.9. The second-order valence-electron chi connectivity index (χ2n) is 4.44. The maximum absolute atomic E-state index is 8.66. The van der Waals surface area contributed by atoms with Gasteiger partial charge in [0.1, 0.15) is 11.9 Å². The highest BCUT2D eigenvalue weighted by molar-refractivity contribution is 5.63. The topological polar surface area (TPSA) is 74.7 Å². The van der Waals surface area contributed by atoms with Gasteiger partial charge in [-0.3, -0.25) is 0 Å². The lowest BCUT2D eigenvalue weighted by atomic mass is 10.1. The van der Waals surface area contributed by atoms with Gasteiger partial charge in [-0.2, -0.15) is 5.26 Å². The first-order chi connectivity index (χ1) is 7.13. The van der Waals surface area contributed by atoms with Gasteiger partial charge in [-0.1, -0.05) is 6.92 Å². The first kappa shape index (κ1) is 9.78. The van der Waals surface area contributed by atoms with Gasteiger partial charge < -0.3 is 11.1 Å². The average Bonchev–Trinajstić information content (AvgIpc) is 2.95. The number of aromatic nitrogens is 1. The fourth-order valence-corrected chi connectivity index (χ4v) is 1.38. The molecule has 0 spiro atoms. The molecule has 0 bridgehead atoms. The number of hydrogen-bond donors (Lipinski definition) is 2. The minimum absolute atomic E-state index is 0.419. The first-order valence-corrected chi connectivity index (χ1v) is 5.02. The van der Waals surface area contributed by atoms with Gasteiger partial charge in [0.2, 0.25) is 0 Å². The molecule has 4 heteroatoms. The van der Waals surface area contributed by atoms with Crippen LogP contribution in [-0.2, 0) is 0 Å². The molecule has 1 aromatic rings. The van der Waals surface area contributed by atoms with E-state index in [2.05, 4.69) is 17.2 Å². The highest BCUT2D eigenvalue weighted by atomic mass is 15.0. The summed E-state index contributed by atoms with van der Waals surface area (Å²) in [7, 11) is 0. The van der Waals surface area contributed by atoms with Crippen LogP contribution in [0.2, 0.25) is 0 Å². The van der Waals surface area contributed by atoms with Gasteiger partial charge in [0.15, 0.2) is 0 Å². The Kier molecular flexibility index (Phi) is 2.24. The van der Waals surface area contributed by atoms with E-state index in [4.69, 9.17) is 11.0 Å². The summed E-state index contributed by atoms with van der Waals surface area (Å²) in [6.07, 6.45) is 4.06. The Morgan fingerprint density at radius 2 is 2.40 bits per heavy atom. The Morgan fingerprint density at radius 3 is 2.93 bits per heavy atom. The molecule has 78 valence electrons. The number of anilines is 2. The van der Waals surface area contributed by atoms with Crippen molar-refractivity contribution in [3.63, 3.8) is 0 Å². The molecule has 4 nitrogen and oxygen atoms in total. The predicted molar refractivity (Wildman–Crippen MR) is 59.2 cm³/mol. The van der Waals surface area contributed by atoms with Crippen molar-refractivity contribution in [1.29, 1.82) is 5.26 Å². The highest BCUT2D eigenvalue weighted by Gasteiger charge is 2.36. The van der Waals surface area contributed by atoms with Crippen LogP contribution in [0.15, 0.2) is 12.3 Å². The summed E-state index contributed by atoms with van der Waals surface area (Å²) >= 11 is 0. The smallest absolute Gasteiger partial charge is 0.149 e. The zero-order valence-corrected chi connectivity index (χ0v) is 8.75. The standard InChI is InChI=1S/C11H14N4/c1-11(2-3-11)7-15-10-9(13)4-8(5-12)6-14-10/h4,6H,2-3,7,13H2,1H3,(H,14,15). The molecule has 0 aliphatic heterocycles. The van der Waals surface area contributed by atoms with Crippen molar-refractivity contribution >= 4 is 11.5 Å². The van der Waals surface area contributed by atoms with Crippen LogP contribution < -0.4 is 11.1 Å². The summed E-state index contributed by atoms with van der Waals surface area (Å²) in [5.74, 6) is 0.683. The number of nitrogens with two attached hydrogens (primary N) is 1. The molecule has 0 saturated heterocycles. The van der Waals surface area contributed by atoms with Crippen LogP contribution >= 0.6 is 0 Å². The Hall–Kier alpha value is -1.76. The van der Waals surface area contributed by atoms with Gasteiger partial charge in [0.05, 0.1) is 11.3 Å². The number of nitrogens with one attached hydrogen (secondary N) is 1. The molecule has 0 atom stereocenters. The molecule has 0 unspecified atom stereocenters. The number of nitrogens with zero attached hydrogens (tertiary/aromatic N) is 2. The van der Waals surface area contributed by atoms with Crippen molar-refractivity contribution in [2.45, 2.75) is 19.8 Å². The normalized spacial score (nSPS) is 16.8. The summed E-state index contributed by atoms with van der Waals surface area (Å²) < 4.78 is 0. The molecule has 0 radical (unpaired) electrons. The molecule has 1 heterocycles. The van der Waals surface area contributed by atoms with E-state index in [1.807, 2.05) is 6.07 Å². The van der Waals surface area contributed by atoms with E-state index in [1.54, 1.807) is 6.07 Å². The van der Waals surface area contributed by atoms with Crippen molar-refractivity contribution in [3.05, 3.63) is 17.8 Å². The fraction of sp³-hybridized carbons (Fsp3) is 0.455. The van der Waals surface area contributed by atoms with E-state index in [-0.39, 0.29) is 0 Å². The average molecular weight is 202 g/mol. The monoisotopic (exact) mass is 202 g/mol. The highest BCUT2D eigenvalue weighted by Crippen LogP contribution is 2.44. The SMILES string of the molecule is CC1(CNc2ncc(C#N)cc2N)CC1. The van der Waals surface area contributed by atoms with Crippen LogP contribution in [-0.4, -0.2) is 11.5 Å². The molecule has 1 saturated carbocycles. The Labute approximate surface area is 89.1 Å². The molecule has 1 fully saturated rings. The summed E-state index contributed by atoms with van der Waals surface area (Å²) in [4.78, 5) is 4.12. The Balaban J connectivity index is 2.05. The third kappa shape index (κ3) is 2.18. The van der Waals surface area contributed by atoms with Crippen molar-refractivity contribution in [2.24, 2.45) is 5.41 Å². The van der Waals surface area contributed by atoms with E-state index < -0.39 is 0 Å². The number of rotatable bonds is 3. The van der Waals surface area contributed by atoms with E-state index in [0.29, 0.717) is 22.5 Å². The second-order valence-corrected chi connectivity index (χ2v) is 4.44. The molecule has 1 aliphatic rings. The Bertz CT molecular complexity index is 415. The Morgan fingerprint density at radius 1 is 1.67 bits per heavy atom. The van der Waals surface area contributed by atoms with Crippen molar-refractivity contribution < 1.29 is 0 Å². The van der Waals surface area contributed by atoms with E-state index in [9.17, 15) is 0 Å². The van der Waals surface area contributed by atoms with Crippen molar-refractivity contribution in [3.8, 4) is 6.07 Å². The van der Waals surface area contributed by atoms with Gasteiger partial charge in [0, 0.05) is 12.7 Å². The lowest BCUT2D eigenvalue weighted by Gasteiger charge is -2.12. The van der Waals surface area contributed by atoms with Gasteiger partial charge >= 0.3 is 0 Å². The van der Waals surface area contributed by atoms with Crippen LogP contribution in [0.3, 0.4) is 0 Å². The molecule has 1 aliphatic carbocycles. The summed E-state index contributed by atoms with van der Waals surface area (Å²) in [5, 5.41) is 11.9. The molecule has 2 rings (SSSR count). The number of pyridine rings is 1. The number of nitriles is 1. The molecule has 3 N–H and O–H groups in total. The molecule has 1 aromatic heterocycles. The minimum Gasteiger partial charge on any atom is -0.396 e. The van der Waals surface area contributed by atoms with Crippen molar-refractivity contribution in [1.82, 2.24) is 4.98 Å². The van der Waals surface area contributed by atoms with Crippen molar-refractivity contribution in [2.75, 3.05) is 17.6 Å². The summed E-state index contributed by atoms with van der Waals surface area (Å²) in [6, 6.07) is 3.65. The van der Waals surface area contributed by atoms with Crippen LogP contribution in [0.4, 0.5) is 11.5 Å². The quantitative estimate of drug-likeness (QED) is 0.783. The maximum atomic E-state index is 8.66. The van der Waals surface area contributed by atoms with Crippen LogP contribution in [0.1, 0.15) is 25.3 Å². The van der Waals surface area contributed by atoms with Gasteiger partial charge in [-0.05, 0) is 24.3 Å². The minimum atomic E-state index is 0.419. The summed E-state index contributed by atoms with van der Waals surface area (Å²) in [5.41, 5.74) is 7.23. The third-order valence-corrected chi connectivity index (χ3v) is 2.83. The molecule has 0 amide bonds. The first-order valence-electron chi connectivity index (χ1n) is 5.02. The van der Waals surface area contributed by atoms with Gasteiger partial charge in [0.25, 0.3) is 0 Å². The number of hydrogen-bond acceptors (Lipinski definition) is 4.